The van der Waals surface area contributed by atoms with Crippen LogP contribution in [0.5, 0.6) is 0 Å². The summed E-state index contributed by atoms with van der Waals surface area (Å²) in [6.07, 6.45) is 1.56. The van der Waals surface area contributed by atoms with Gasteiger partial charge in [0.15, 0.2) is 11.3 Å². The van der Waals surface area contributed by atoms with E-state index >= 15 is 0 Å². The van der Waals surface area contributed by atoms with Crippen molar-refractivity contribution in [3.63, 3.8) is 0 Å². The van der Waals surface area contributed by atoms with Gasteiger partial charge in [-0.3, -0.25) is 19.1 Å². The maximum Gasteiger partial charge on any atom is 0.330 e. The highest BCUT2D eigenvalue weighted by Crippen LogP contribution is 2.31. The lowest BCUT2D eigenvalue weighted by molar-refractivity contribution is 0.0989. The minimum absolute atomic E-state index is 0.0149. The predicted molar refractivity (Wildman–Crippen MR) is 139 cm³/mol. The Kier molecular flexibility index (Phi) is 7.23. The van der Waals surface area contributed by atoms with Crippen LogP contribution in [0.15, 0.2) is 15.7 Å². The molecule has 0 aromatic carbocycles. The van der Waals surface area contributed by atoms with Crippen LogP contribution in [-0.4, -0.2) is 36.8 Å². The number of aromatic amines is 1. The Morgan fingerprint density at radius 1 is 1.23 bits per heavy atom. The molecule has 0 aliphatic rings. The lowest BCUT2D eigenvalue weighted by Crippen LogP contribution is -2.41. The number of aromatic nitrogens is 5. The molecular weight excluding hydrogens is 446 g/mol. The van der Waals surface area contributed by atoms with Crippen LogP contribution in [0.25, 0.3) is 11.0 Å². The number of nitrogens with zero attached hydrogens (tertiary/aromatic N) is 5. The first-order valence-electron chi connectivity index (χ1n) is 12.2. The van der Waals surface area contributed by atoms with Gasteiger partial charge >= 0.3 is 5.69 Å². The van der Waals surface area contributed by atoms with Crippen molar-refractivity contribution >= 4 is 28.4 Å². The summed E-state index contributed by atoms with van der Waals surface area (Å²) < 4.78 is 3.16. The van der Waals surface area contributed by atoms with Crippen molar-refractivity contribution in [3.05, 3.63) is 43.9 Å². The summed E-state index contributed by atoms with van der Waals surface area (Å²) in [4.78, 5) is 47.9. The number of H-pyrrole nitrogens is 1. The number of carbonyl (C=O) groups is 1. The molecule has 0 fully saturated rings. The van der Waals surface area contributed by atoms with E-state index in [1.54, 1.807) is 13.0 Å². The normalized spacial score (nSPS) is 12.0. The van der Waals surface area contributed by atoms with Crippen LogP contribution >= 0.6 is 0 Å². The molecule has 0 aliphatic carbocycles. The second kappa shape index (κ2) is 9.67. The summed E-state index contributed by atoms with van der Waals surface area (Å²) in [5, 5.41) is 5.34. The number of rotatable bonds is 7. The van der Waals surface area contributed by atoms with Gasteiger partial charge in [-0.25, -0.2) is 14.5 Å². The fourth-order valence-electron chi connectivity index (χ4n) is 4.17. The number of amides is 1. The zero-order chi connectivity index (χ0) is 26.2. The number of anilines is 2. The lowest BCUT2D eigenvalue weighted by atomic mass is 10.0. The van der Waals surface area contributed by atoms with Gasteiger partial charge in [-0.2, -0.15) is 5.10 Å². The molecule has 0 aliphatic heterocycles. The minimum Gasteiger partial charge on any atom is -0.383 e. The molecule has 190 valence electrons. The molecule has 0 saturated heterocycles. The van der Waals surface area contributed by atoms with Crippen molar-refractivity contribution in [2.24, 2.45) is 0 Å². The van der Waals surface area contributed by atoms with E-state index in [-0.39, 0.29) is 29.5 Å². The molecular formula is C25H37N7O3. The molecule has 10 nitrogen and oxygen atoms in total. The van der Waals surface area contributed by atoms with Crippen molar-refractivity contribution in [3.8, 4) is 0 Å². The Morgan fingerprint density at radius 3 is 2.43 bits per heavy atom. The van der Waals surface area contributed by atoms with Crippen LogP contribution in [-0.2, 0) is 12.1 Å². The largest absolute Gasteiger partial charge is 0.383 e. The minimum atomic E-state index is -0.688. The number of unbranched alkanes of at least 4 members (excludes halogenated alkanes) is 1. The van der Waals surface area contributed by atoms with Crippen molar-refractivity contribution in [2.45, 2.75) is 86.2 Å². The third-order valence-electron chi connectivity index (χ3n) is 6.07. The van der Waals surface area contributed by atoms with Gasteiger partial charge in [-0.15, -0.1) is 0 Å². The molecule has 0 bridgehead atoms. The third-order valence-corrected chi connectivity index (χ3v) is 6.07. The van der Waals surface area contributed by atoms with Crippen molar-refractivity contribution in [1.29, 1.82) is 0 Å². The number of carbonyl (C=O) groups excluding carboxylic acids is 1. The van der Waals surface area contributed by atoms with Crippen LogP contribution in [0, 0.1) is 6.92 Å². The zero-order valence-electron chi connectivity index (χ0n) is 22.0. The predicted octanol–water partition coefficient (Wildman–Crippen LogP) is 3.52. The van der Waals surface area contributed by atoms with Gasteiger partial charge in [-0.1, -0.05) is 27.2 Å². The molecule has 0 saturated carbocycles. The summed E-state index contributed by atoms with van der Waals surface area (Å²) in [6, 6.07) is 1.77. The molecule has 3 aromatic heterocycles. The Morgan fingerprint density at radius 2 is 1.89 bits per heavy atom. The fraction of sp³-hybridized carbons (Fsp3) is 0.560. The third kappa shape index (κ3) is 4.74. The highest BCUT2D eigenvalue weighted by Gasteiger charge is 2.29. The Labute approximate surface area is 205 Å². The Hall–Kier alpha value is -3.43. The highest BCUT2D eigenvalue weighted by molar-refractivity contribution is 6.14. The van der Waals surface area contributed by atoms with Gasteiger partial charge in [0.25, 0.3) is 11.5 Å². The molecule has 1 amide bonds. The van der Waals surface area contributed by atoms with Gasteiger partial charge in [0.05, 0.1) is 22.2 Å². The number of hydrogen-bond donors (Lipinski definition) is 2. The average molecular weight is 484 g/mol. The number of hydrogen-bond acceptors (Lipinski definition) is 6. The van der Waals surface area contributed by atoms with Crippen LogP contribution in [0.1, 0.15) is 89.0 Å². The van der Waals surface area contributed by atoms with Crippen LogP contribution < -0.4 is 21.9 Å². The SMILES string of the molecule is CCCCn1c(N)c(N(CC)C(=O)c2cc(C(C)C)nc3c2c(C)nn3C(C)(C)C)c(=O)[nH]c1=O. The van der Waals surface area contributed by atoms with Crippen LogP contribution in [0.2, 0.25) is 0 Å². The van der Waals surface area contributed by atoms with E-state index in [0.717, 1.165) is 12.1 Å². The number of aryl methyl sites for hydroxylation is 1. The van der Waals surface area contributed by atoms with E-state index in [0.29, 0.717) is 35.3 Å². The first-order valence-corrected chi connectivity index (χ1v) is 12.2. The Balaban J connectivity index is 2.30. The zero-order valence-corrected chi connectivity index (χ0v) is 22.0. The maximum atomic E-state index is 14.1. The van der Waals surface area contributed by atoms with E-state index in [2.05, 4.69) is 4.98 Å². The van der Waals surface area contributed by atoms with Gasteiger partial charge in [-0.05, 0) is 53.0 Å². The molecule has 0 atom stereocenters. The second-order valence-electron chi connectivity index (χ2n) is 10.2. The topological polar surface area (TPSA) is 132 Å². The van der Waals surface area contributed by atoms with E-state index in [1.807, 2.05) is 53.1 Å². The van der Waals surface area contributed by atoms with Crippen LogP contribution in [0.3, 0.4) is 0 Å². The standard InChI is InChI=1S/C25H37N7O3/c1-9-11-12-31-20(26)19(22(33)28-24(31)35)30(10-2)23(34)16-13-17(14(3)4)27-21-18(16)15(5)29-32(21)25(6,7)8/h13-14H,9-12,26H2,1-8H3,(H,28,33,35). The fourth-order valence-corrected chi connectivity index (χ4v) is 4.17. The van der Waals surface area contributed by atoms with E-state index in [9.17, 15) is 14.4 Å². The summed E-state index contributed by atoms with van der Waals surface area (Å²) in [5.74, 6) is -0.343. The molecule has 3 N–H and O–H groups in total. The van der Waals surface area contributed by atoms with Crippen molar-refractivity contribution < 1.29 is 4.79 Å². The molecule has 10 heteroatoms. The molecule has 3 aromatic rings. The number of nitrogens with one attached hydrogen (secondary N) is 1. The molecule has 0 spiro atoms. The molecule has 35 heavy (non-hydrogen) atoms. The number of nitrogens with two attached hydrogens (primary N) is 1. The quantitative estimate of drug-likeness (QED) is 0.528. The van der Waals surface area contributed by atoms with Crippen LogP contribution in [0.4, 0.5) is 11.5 Å². The summed E-state index contributed by atoms with van der Waals surface area (Å²) in [6.45, 7) is 16.3. The van der Waals surface area contributed by atoms with Crippen molar-refractivity contribution in [2.75, 3.05) is 17.2 Å². The summed E-state index contributed by atoms with van der Waals surface area (Å²) >= 11 is 0. The summed E-state index contributed by atoms with van der Waals surface area (Å²) in [7, 11) is 0. The number of fused-ring (bicyclic) bond motifs is 1. The molecule has 3 rings (SSSR count). The van der Waals surface area contributed by atoms with Gasteiger partial charge < -0.3 is 10.6 Å². The average Bonchev–Trinajstić information content (AvgIpc) is 3.12. The van der Waals surface area contributed by atoms with Gasteiger partial charge in [0, 0.05) is 18.8 Å². The van der Waals surface area contributed by atoms with Gasteiger partial charge in [0.2, 0.25) is 0 Å². The Bertz CT molecular complexity index is 1370. The second-order valence-corrected chi connectivity index (χ2v) is 10.2. The maximum absolute atomic E-state index is 14.1. The smallest absolute Gasteiger partial charge is 0.330 e. The van der Waals surface area contributed by atoms with Crippen molar-refractivity contribution in [1.82, 2.24) is 24.3 Å². The van der Waals surface area contributed by atoms with Gasteiger partial charge in [0.1, 0.15) is 5.82 Å². The molecule has 3 heterocycles. The first-order chi connectivity index (χ1) is 16.3. The monoisotopic (exact) mass is 483 g/mol. The molecule has 0 radical (unpaired) electrons. The first kappa shape index (κ1) is 26.2. The molecule has 0 unspecified atom stereocenters. The summed E-state index contributed by atoms with van der Waals surface area (Å²) in [5.41, 5.74) is 7.12. The number of pyridine rings is 1. The van der Waals surface area contributed by atoms with E-state index in [4.69, 9.17) is 15.8 Å². The van der Waals surface area contributed by atoms with E-state index in [1.165, 1.54) is 9.47 Å². The number of nitrogen functional groups attached to an aromatic ring is 1. The van der Waals surface area contributed by atoms with E-state index < -0.39 is 17.2 Å². The highest BCUT2D eigenvalue weighted by atomic mass is 16.2. The lowest BCUT2D eigenvalue weighted by Gasteiger charge is -2.24.